The number of urea groups is 1. The lowest BCUT2D eigenvalue weighted by Crippen LogP contribution is -2.35. The van der Waals surface area contributed by atoms with E-state index in [1.165, 1.54) is 0 Å². The Morgan fingerprint density at radius 3 is 2.33 bits per heavy atom. The molecule has 0 radical (unpaired) electrons. The fourth-order valence-electron chi connectivity index (χ4n) is 4.36. The second kappa shape index (κ2) is 9.11. The molecule has 3 aromatic rings. The first-order valence-electron chi connectivity index (χ1n) is 10.5. The van der Waals surface area contributed by atoms with Crippen molar-refractivity contribution >= 4 is 56.8 Å². The molecule has 0 N–H and O–H groups in total. The molecule has 2 aliphatic heterocycles. The van der Waals surface area contributed by atoms with Crippen LogP contribution in [0.2, 0.25) is 10.0 Å². The summed E-state index contributed by atoms with van der Waals surface area (Å²) in [7, 11) is 0. The van der Waals surface area contributed by atoms with Crippen molar-refractivity contribution in [2.75, 3.05) is 11.4 Å². The normalized spacial score (nSPS) is 20.0. The van der Waals surface area contributed by atoms with Gasteiger partial charge in [-0.05, 0) is 53.1 Å². The zero-order valence-corrected chi connectivity index (χ0v) is 20.5. The maximum atomic E-state index is 13.0. The van der Waals surface area contributed by atoms with Crippen LogP contribution in [0, 0.1) is 0 Å². The van der Waals surface area contributed by atoms with Crippen molar-refractivity contribution in [3.63, 3.8) is 0 Å². The van der Waals surface area contributed by atoms with Crippen LogP contribution in [0.4, 0.5) is 10.5 Å². The number of hydrogen-bond donors (Lipinski definition) is 0. The van der Waals surface area contributed by atoms with Gasteiger partial charge >= 0.3 is 6.03 Å². The van der Waals surface area contributed by atoms with Gasteiger partial charge in [0.25, 0.3) is 5.91 Å². The minimum Gasteiger partial charge on any atom is -0.372 e. The Labute approximate surface area is 210 Å². The first kappa shape index (κ1) is 22.4. The predicted molar refractivity (Wildman–Crippen MR) is 133 cm³/mol. The Morgan fingerprint density at radius 1 is 0.939 bits per heavy atom. The Bertz CT molecular complexity index is 1210. The lowest BCUT2D eigenvalue weighted by atomic mass is 10.0. The predicted octanol–water partition coefficient (Wildman–Crippen LogP) is 6.55. The SMILES string of the molecule is O=C1[C@@H]2C[C@H](OCc3cccc(-c4cccc(Br)c4)c3)CN2C(=O)N1c1cc(Cl)cc(Cl)c1. The van der Waals surface area contributed by atoms with E-state index in [-0.39, 0.29) is 18.0 Å². The number of hydrogen-bond acceptors (Lipinski definition) is 3. The van der Waals surface area contributed by atoms with Gasteiger partial charge in [-0.25, -0.2) is 9.69 Å². The number of fused-ring (bicyclic) bond motifs is 1. The highest BCUT2D eigenvalue weighted by Crippen LogP contribution is 2.35. The monoisotopic (exact) mass is 544 g/mol. The van der Waals surface area contributed by atoms with Crippen LogP contribution in [0.15, 0.2) is 71.2 Å². The molecule has 0 aromatic heterocycles. The Hall–Kier alpha value is -2.38. The summed E-state index contributed by atoms with van der Waals surface area (Å²) in [6.07, 6.45) is 0.253. The van der Waals surface area contributed by atoms with Gasteiger partial charge in [0, 0.05) is 27.5 Å². The quantitative estimate of drug-likeness (QED) is 0.341. The van der Waals surface area contributed by atoms with E-state index in [4.69, 9.17) is 27.9 Å². The number of nitrogens with zero attached hydrogens (tertiary/aromatic N) is 2. The number of imide groups is 1. The number of amides is 3. The van der Waals surface area contributed by atoms with Gasteiger partial charge in [0.05, 0.1) is 18.4 Å². The first-order chi connectivity index (χ1) is 15.9. The van der Waals surface area contributed by atoms with Gasteiger partial charge in [-0.1, -0.05) is 69.5 Å². The molecule has 5 nitrogen and oxygen atoms in total. The van der Waals surface area contributed by atoms with Gasteiger partial charge in [0.15, 0.2) is 0 Å². The molecule has 0 unspecified atom stereocenters. The molecule has 3 aromatic carbocycles. The Kier molecular flexibility index (Phi) is 6.18. The van der Waals surface area contributed by atoms with E-state index >= 15 is 0 Å². The van der Waals surface area contributed by atoms with Gasteiger partial charge in [-0.3, -0.25) is 4.79 Å². The van der Waals surface area contributed by atoms with Gasteiger partial charge < -0.3 is 9.64 Å². The van der Waals surface area contributed by atoms with Crippen LogP contribution >= 0.6 is 39.1 Å². The molecule has 5 rings (SSSR count). The van der Waals surface area contributed by atoms with E-state index in [1.54, 1.807) is 23.1 Å². The standard InChI is InChI=1S/C25H19BrCl2N2O3/c26-18-6-2-5-17(8-18)16-4-1-3-15(7-16)14-33-22-12-23-24(31)30(25(32)29(23)13-22)21-10-19(27)9-20(28)11-21/h1-11,22-23H,12-14H2/t22-,23-/m0/s1. The van der Waals surface area contributed by atoms with Crippen LogP contribution in [0.1, 0.15) is 12.0 Å². The fraction of sp³-hybridized carbons (Fsp3) is 0.200. The third-order valence-corrected chi connectivity index (χ3v) is 6.81. The van der Waals surface area contributed by atoms with Crippen molar-refractivity contribution in [3.8, 4) is 11.1 Å². The third-order valence-electron chi connectivity index (χ3n) is 5.88. The molecule has 2 heterocycles. The number of anilines is 1. The van der Waals surface area contributed by atoms with Gasteiger partial charge in [-0.2, -0.15) is 0 Å². The summed E-state index contributed by atoms with van der Waals surface area (Å²) in [4.78, 5) is 28.7. The summed E-state index contributed by atoms with van der Waals surface area (Å²) in [5.74, 6) is -0.277. The first-order valence-corrected chi connectivity index (χ1v) is 12.0. The number of rotatable bonds is 5. The number of carbonyl (C=O) groups is 2. The van der Waals surface area contributed by atoms with E-state index < -0.39 is 6.04 Å². The molecule has 2 atom stereocenters. The van der Waals surface area contributed by atoms with Crippen LogP contribution in [0.25, 0.3) is 11.1 Å². The summed E-state index contributed by atoms with van der Waals surface area (Å²) in [5, 5.41) is 0.743. The van der Waals surface area contributed by atoms with Crippen molar-refractivity contribution in [3.05, 3.63) is 86.8 Å². The van der Waals surface area contributed by atoms with Gasteiger partial charge in [-0.15, -0.1) is 0 Å². The van der Waals surface area contributed by atoms with Crippen LogP contribution in [0.5, 0.6) is 0 Å². The van der Waals surface area contributed by atoms with Gasteiger partial charge in [0.1, 0.15) is 6.04 Å². The van der Waals surface area contributed by atoms with Gasteiger partial charge in [0.2, 0.25) is 0 Å². The molecule has 0 saturated carbocycles. The largest absolute Gasteiger partial charge is 0.372 e. The van der Waals surface area contributed by atoms with Crippen molar-refractivity contribution in [1.82, 2.24) is 4.90 Å². The number of benzene rings is 3. The molecule has 0 spiro atoms. The number of halogens is 3. The molecule has 8 heteroatoms. The molecular weight excluding hydrogens is 527 g/mol. The Morgan fingerprint density at radius 2 is 1.64 bits per heavy atom. The fourth-order valence-corrected chi connectivity index (χ4v) is 5.28. The second-order valence-electron chi connectivity index (χ2n) is 8.13. The average molecular weight is 546 g/mol. The van der Waals surface area contributed by atoms with Crippen molar-refractivity contribution < 1.29 is 14.3 Å². The minimum atomic E-state index is -0.534. The summed E-state index contributed by atoms with van der Waals surface area (Å²) in [5.41, 5.74) is 3.64. The van der Waals surface area contributed by atoms with E-state index in [0.29, 0.717) is 35.3 Å². The third kappa shape index (κ3) is 4.53. The molecule has 2 saturated heterocycles. The maximum absolute atomic E-state index is 13.0. The number of carbonyl (C=O) groups excluding carboxylic acids is 2. The lowest BCUT2D eigenvalue weighted by Gasteiger charge is -2.19. The molecule has 0 aliphatic carbocycles. The average Bonchev–Trinajstić information content (AvgIpc) is 3.30. The molecule has 3 amide bonds. The van der Waals surface area contributed by atoms with E-state index in [0.717, 1.165) is 26.1 Å². The smallest absolute Gasteiger partial charge is 0.332 e. The number of ether oxygens (including phenoxy) is 1. The second-order valence-corrected chi connectivity index (χ2v) is 9.92. The molecule has 168 valence electrons. The highest BCUT2D eigenvalue weighted by atomic mass is 79.9. The van der Waals surface area contributed by atoms with E-state index in [1.807, 2.05) is 24.3 Å². The van der Waals surface area contributed by atoms with Crippen molar-refractivity contribution in [1.29, 1.82) is 0 Å². The summed E-state index contributed by atoms with van der Waals surface area (Å²) >= 11 is 15.6. The highest BCUT2D eigenvalue weighted by molar-refractivity contribution is 9.10. The Balaban J connectivity index is 1.25. The summed E-state index contributed by atoms with van der Waals surface area (Å²) < 4.78 is 7.12. The van der Waals surface area contributed by atoms with Crippen molar-refractivity contribution in [2.24, 2.45) is 0 Å². The minimum absolute atomic E-state index is 0.206. The maximum Gasteiger partial charge on any atom is 0.332 e. The zero-order chi connectivity index (χ0) is 23.1. The van der Waals surface area contributed by atoms with E-state index in [2.05, 4.69) is 40.2 Å². The molecule has 0 bridgehead atoms. The molecule has 33 heavy (non-hydrogen) atoms. The van der Waals surface area contributed by atoms with Crippen LogP contribution in [-0.4, -0.2) is 35.5 Å². The summed E-state index contributed by atoms with van der Waals surface area (Å²) in [6.45, 7) is 0.772. The zero-order valence-electron chi connectivity index (χ0n) is 17.4. The van der Waals surface area contributed by atoms with E-state index in [9.17, 15) is 9.59 Å². The van der Waals surface area contributed by atoms with Crippen LogP contribution < -0.4 is 4.90 Å². The highest BCUT2D eigenvalue weighted by Gasteiger charge is 2.51. The molecule has 2 fully saturated rings. The van der Waals surface area contributed by atoms with Crippen LogP contribution in [-0.2, 0) is 16.1 Å². The molecule has 2 aliphatic rings. The summed E-state index contributed by atoms with van der Waals surface area (Å²) in [6, 6.07) is 20.1. The topological polar surface area (TPSA) is 49.9 Å². The molecular formula is C25H19BrCl2N2O3. The van der Waals surface area contributed by atoms with Crippen LogP contribution in [0.3, 0.4) is 0 Å². The lowest BCUT2D eigenvalue weighted by molar-refractivity contribution is -0.119. The van der Waals surface area contributed by atoms with Crippen molar-refractivity contribution in [2.45, 2.75) is 25.2 Å².